The molecule has 0 aromatic heterocycles. The Morgan fingerprint density at radius 1 is 1.12 bits per heavy atom. The largest absolute Gasteiger partial charge is 0.347 e. The van der Waals surface area contributed by atoms with Gasteiger partial charge in [0.25, 0.3) is 0 Å². The maximum absolute atomic E-state index is 12.3. The predicted octanol–water partition coefficient (Wildman–Crippen LogP) is 1.28. The number of likely N-dealkylation sites (tertiary alicyclic amines) is 1. The first-order valence-corrected chi connectivity index (χ1v) is 10.5. The van der Waals surface area contributed by atoms with Gasteiger partial charge < -0.3 is 19.7 Å². The molecule has 1 aromatic rings. The van der Waals surface area contributed by atoms with Gasteiger partial charge in [0.2, 0.25) is 0 Å². The van der Waals surface area contributed by atoms with E-state index in [2.05, 4.69) is 5.32 Å². The Morgan fingerprint density at radius 3 is 2.24 bits per heavy atom. The monoisotopic (exact) mass is 368 g/mol. The van der Waals surface area contributed by atoms with E-state index in [0.29, 0.717) is 45.7 Å². The molecule has 2 fully saturated rings. The maximum atomic E-state index is 12.3. The lowest BCUT2D eigenvalue weighted by Crippen LogP contribution is -2.50. The van der Waals surface area contributed by atoms with Crippen LogP contribution in [-0.2, 0) is 31.6 Å². The van der Waals surface area contributed by atoms with Crippen LogP contribution in [0.5, 0.6) is 0 Å². The van der Waals surface area contributed by atoms with Gasteiger partial charge in [0.15, 0.2) is 15.6 Å². The molecule has 0 bridgehead atoms. The van der Waals surface area contributed by atoms with E-state index in [1.807, 2.05) is 12.1 Å². The summed E-state index contributed by atoms with van der Waals surface area (Å²) in [6.45, 7) is 2.88. The van der Waals surface area contributed by atoms with E-state index in [4.69, 9.17) is 9.47 Å². The van der Waals surface area contributed by atoms with Crippen molar-refractivity contribution in [1.82, 2.24) is 10.2 Å². The minimum absolute atomic E-state index is 0.0271. The van der Waals surface area contributed by atoms with Crippen LogP contribution >= 0.6 is 0 Å². The molecular weight excluding hydrogens is 344 g/mol. The van der Waals surface area contributed by atoms with Crippen LogP contribution in [0.25, 0.3) is 0 Å². The summed E-state index contributed by atoms with van der Waals surface area (Å²) in [6, 6.07) is 7.13. The summed E-state index contributed by atoms with van der Waals surface area (Å²) in [5, 5.41) is 2.90. The third-order valence-corrected chi connectivity index (χ3v) is 5.38. The first-order valence-electron chi connectivity index (χ1n) is 8.42. The fourth-order valence-electron chi connectivity index (χ4n) is 3.18. The average molecular weight is 368 g/mol. The molecule has 2 heterocycles. The lowest BCUT2D eigenvalue weighted by atomic mass is 10.0. The fourth-order valence-corrected chi connectivity index (χ4v) is 3.98. The normalized spacial score (nSPS) is 20.0. The molecule has 3 rings (SSSR count). The zero-order chi connectivity index (χ0) is 17.9. The Morgan fingerprint density at radius 2 is 1.68 bits per heavy atom. The first-order chi connectivity index (χ1) is 11.9. The van der Waals surface area contributed by atoms with Crippen molar-refractivity contribution < 1.29 is 22.7 Å². The van der Waals surface area contributed by atoms with E-state index >= 15 is 0 Å². The van der Waals surface area contributed by atoms with E-state index < -0.39 is 15.6 Å². The minimum atomic E-state index is -3.04. The standard InChI is InChI=1S/C17H24N2O5S/c1-25(21,22)13-15-4-2-14(3-5-15)12-18-16(20)19-8-6-17(7-9-19)23-10-11-24-17/h2-5H,6-13H2,1H3,(H,18,20). The summed E-state index contributed by atoms with van der Waals surface area (Å²) in [6.07, 6.45) is 2.60. The van der Waals surface area contributed by atoms with Gasteiger partial charge in [-0.05, 0) is 11.1 Å². The van der Waals surface area contributed by atoms with Crippen molar-refractivity contribution in [1.29, 1.82) is 0 Å². The number of hydrogen-bond donors (Lipinski definition) is 1. The van der Waals surface area contributed by atoms with Crippen LogP contribution in [0.4, 0.5) is 4.79 Å². The molecule has 25 heavy (non-hydrogen) atoms. The van der Waals surface area contributed by atoms with Crippen LogP contribution in [0.15, 0.2) is 24.3 Å². The van der Waals surface area contributed by atoms with Gasteiger partial charge in [-0.15, -0.1) is 0 Å². The van der Waals surface area contributed by atoms with E-state index in [0.717, 1.165) is 11.1 Å². The Hall–Kier alpha value is -1.64. The van der Waals surface area contributed by atoms with Gasteiger partial charge in [0.1, 0.15) is 0 Å². The summed E-state index contributed by atoms with van der Waals surface area (Å²) in [7, 11) is -3.04. The summed E-state index contributed by atoms with van der Waals surface area (Å²) < 4.78 is 33.9. The van der Waals surface area contributed by atoms with Crippen molar-refractivity contribution in [3.05, 3.63) is 35.4 Å². The fraction of sp³-hybridized carbons (Fsp3) is 0.588. The molecule has 2 aliphatic heterocycles. The van der Waals surface area contributed by atoms with Crippen LogP contribution in [0.1, 0.15) is 24.0 Å². The number of nitrogens with zero attached hydrogens (tertiary/aromatic N) is 1. The van der Waals surface area contributed by atoms with Gasteiger partial charge in [0.05, 0.1) is 19.0 Å². The molecular formula is C17H24N2O5S. The lowest BCUT2D eigenvalue weighted by molar-refractivity contribution is -0.181. The minimum Gasteiger partial charge on any atom is -0.347 e. The molecule has 1 N–H and O–H groups in total. The number of nitrogens with one attached hydrogen (secondary N) is 1. The molecule has 8 heteroatoms. The maximum Gasteiger partial charge on any atom is 0.317 e. The Balaban J connectivity index is 1.46. The first kappa shape index (κ1) is 18.2. The molecule has 2 saturated heterocycles. The highest BCUT2D eigenvalue weighted by atomic mass is 32.2. The van der Waals surface area contributed by atoms with E-state index in [9.17, 15) is 13.2 Å². The highest BCUT2D eigenvalue weighted by molar-refractivity contribution is 7.89. The molecule has 0 aliphatic carbocycles. The van der Waals surface area contributed by atoms with Gasteiger partial charge in [0, 0.05) is 38.7 Å². The number of carbonyl (C=O) groups excluding carboxylic acids is 1. The molecule has 138 valence electrons. The predicted molar refractivity (Wildman–Crippen MR) is 92.7 cm³/mol. The molecule has 7 nitrogen and oxygen atoms in total. The molecule has 0 saturated carbocycles. The third kappa shape index (κ3) is 4.93. The summed E-state index contributed by atoms with van der Waals surface area (Å²) in [4.78, 5) is 14.1. The van der Waals surface area contributed by atoms with Crippen LogP contribution in [-0.4, -0.2) is 57.7 Å². The molecule has 0 unspecified atom stereocenters. The highest BCUT2D eigenvalue weighted by Crippen LogP contribution is 2.31. The van der Waals surface area contributed by atoms with Gasteiger partial charge in [-0.3, -0.25) is 0 Å². The quantitative estimate of drug-likeness (QED) is 0.865. The lowest BCUT2D eigenvalue weighted by Gasteiger charge is -2.37. The smallest absolute Gasteiger partial charge is 0.317 e. The average Bonchev–Trinajstić information content (AvgIpc) is 3.01. The second-order valence-electron chi connectivity index (χ2n) is 6.64. The zero-order valence-electron chi connectivity index (χ0n) is 14.4. The Kier molecular flexibility index (Phi) is 5.31. The number of piperidine rings is 1. The second kappa shape index (κ2) is 7.31. The van der Waals surface area contributed by atoms with Crippen molar-refractivity contribution in [2.75, 3.05) is 32.6 Å². The molecule has 1 spiro atoms. The number of carbonyl (C=O) groups is 1. The van der Waals surface area contributed by atoms with Crippen molar-refractivity contribution in [2.24, 2.45) is 0 Å². The van der Waals surface area contributed by atoms with Crippen molar-refractivity contribution in [2.45, 2.75) is 30.9 Å². The van der Waals surface area contributed by atoms with E-state index in [-0.39, 0.29) is 11.8 Å². The van der Waals surface area contributed by atoms with Crippen LogP contribution in [0, 0.1) is 0 Å². The van der Waals surface area contributed by atoms with Crippen LogP contribution in [0.2, 0.25) is 0 Å². The Labute approximate surface area is 148 Å². The van der Waals surface area contributed by atoms with Crippen molar-refractivity contribution in [3.63, 3.8) is 0 Å². The number of amides is 2. The van der Waals surface area contributed by atoms with E-state index in [1.165, 1.54) is 6.26 Å². The van der Waals surface area contributed by atoms with Crippen molar-refractivity contribution in [3.8, 4) is 0 Å². The molecule has 2 aliphatic rings. The number of urea groups is 1. The molecule has 0 radical (unpaired) electrons. The summed E-state index contributed by atoms with van der Waals surface area (Å²) in [5.41, 5.74) is 1.68. The number of sulfone groups is 1. The van der Waals surface area contributed by atoms with Gasteiger partial charge in [-0.25, -0.2) is 13.2 Å². The third-order valence-electron chi connectivity index (χ3n) is 4.52. The zero-order valence-corrected chi connectivity index (χ0v) is 15.2. The van der Waals surface area contributed by atoms with Gasteiger partial charge >= 0.3 is 6.03 Å². The molecule has 0 atom stereocenters. The number of benzene rings is 1. The van der Waals surface area contributed by atoms with Gasteiger partial charge in [-0.2, -0.15) is 0 Å². The van der Waals surface area contributed by atoms with Crippen LogP contribution in [0.3, 0.4) is 0 Å². The SMILES string of the molecule is CS(=O)(=O)Cc1ccc(CNC(=O)N2CCC3(CC2)OCCO3)cc1. The van der Waals surface area contributed by atoms with Crippen LogP contribution < -0.4 is 5.32 Å². The summed E-state index contributed by atoms with van der Waals surface area (Å²) >= 11 is 0. The molecule has 1 aromatic carbocycles. The Bertz CT molecular complexity index is 701. The molecule has 2 amide bonds. The van der Waals surface area contributed by atoms with Crippen molar-refractivity contribution >= 4 is 15.9 Å². The topological polar surface area (TPSA) is 84.9 Å². The second-order valence-corrected chi connectivity index (χ2v) is 8.78. The number of hydrogen-bond acceptors (Lipinski definition) is 5. The van der Waals surface area contributed by atoms with E-state index in [1.54, 1.807) is 17.0 Å². The number of ether oxygens (including phenoxy) is 2. The van der Waals surface area contributed by atoms with Gasteiger partial charge in [-0.1, -0.05) is 24.3 Å². The summed E-state index contributed by atoms with van der Waals surface area (Å²) in [5.74, 6) is -0.453. The highest BCUT2D eigenvalue weighted by Gasteiger charge is 2.40. The number of rotatable bonds is 4.